The van der Waals surface area contributed by atoms with E-state index in [2.05, 4.69) is 10.6 Å². The highest BCUT2D eigenvalue weighted by Gasteiger charge is 2.38. The van der Waals surface area contributed by atoms with Crippen molar-refractivity contribution in [1.82, 2.24) is 15.5 Å². The van der Waals surface area contributed by atoms with Crippen molar-refractivity contribution < 1.29 is 19.5 Å². The molecule has 2 aromatic rings. The van der Waals surface area contributed by atoms with Gasteiger partial charge < -0.3 is 27.2 Å². The number of aliphatic carboxylic acids is 1. The van der Waals surface area contributed by atoms with E-state index in [-0.39, 0.29) is 24.9 Å². The Bertz CT molecular complexity index is 1040. The van der Waals surface area contributed by atoms with E-state index in [0.29, 0.717) is 18.7 Å². The third-order valence-corrected chi connectivity index (χ3v) is 7.27. The molecular weight excluding hydrogens is 478 g/mol. The maximum atomic E-state index is 13.5. The monoisotopic (exact) mass is 515 g/mol. The van der Waals surface area contributed by atoms with Crippen LogP contribution in [0, 0.1) is 0 Å². The van der Waals surface area contributed by atoms with Gasteiger partial charge in [0.1, 0.15) is 6.04 Å². The van der Waals surface area contributed by atoms with Crippen LogP contribution < -0.4 is 22.1 Å². The molecule has 0 aliphatic carbocycles. The standard InChI is InChI=1S/C26H37N5O4S/c1-36-13-11-22(26(34)35)30-23(32)16-31(15-18-8-4-7-17-6-2-3-9-19(17)18)24(21-10-5-12-29-21)25(33)20(28)14-27/h2-4,6-9,20-22,24,29H,5,10-16,27-28H2,1H3,(H,30,32)(H,34,35)/t20-,21-,22-,24?/m0/s1. The minimum Gasteiger partial charge on any atom is -0.480 e. The number of fused-ring (bicyclic) bond motifs is 1. The van der Waals surface area contributed by atoms with Gasteiger partial charge in [0.05, 0.1) is 18.6 Å². The lowest BCUT2D eigenvalue weighted by Crippen LogP contribution is -2.59. The second kappa shape index (κ2) is 13.7. The maximum Gasteiger partial charge on any atom is 0.326 e. The van der Waals surface area contributed by atoms with Gasteiger partial charge in [-0.3, -0.25) is 14.5 Å². The third kappa shape index (κ3) is 7.27. The largest absolute Gasteiger partial charge is 0.480 e. The summed E-state index contributed by atoms with van der Waals surface area (Å²) in [4.78, 5) is 40.2. The van der Waals surface area contributed by atoms with E-state index in [0.717, 1.165) is 35.7 Å². The van der Waals surface area contributed by atoms with Crippen LogP contribution in [0.25, 0.3) is 10.8 Å². The average Bonchev–Trinajstić information content (AvgIpc) is 3.40. The molecule has 1 aliphatic heterocycles. The molecule has 9 nitrogen and oxygen atoms in total. The Balaban J connectivity index is 1.94. The number of ketones is 1. The summed E-state index contributed by atoms with van der Waals surface area (Å²) < 4.78 is 0. The van der Waals surface area contributed by atoms with E-state index in [1.165, 1.54) is 11.8 Å². The average molecular weight is 516 g/mol. The summed E-state index contributed by atoms with van der Waals surface area (Å²) in [6.45, 7) is 0.962. The number of carboxylic acids is 1. The second-order valence-electron chi connectivity index (χ2n) is 9.18. The van der Waals surface area contributed by atoms with Gasteiger partial charge in [0.15, 0.2) is 5.78 Å². The number of benzene rings is 2. The molecular formula is C26H37N5O4S. The minimum absolute atomic E-state index is 0.00608. The SMILES string of the molecule is CSCC[C@H](NC(=O)CN(Cc1cccc2ccccc12)C(C(=O)[C@@H](N)CN)[C@@H]1CCCN1)C(=O)O. The summed E-state index contributed by atoms with van der Waals surface area (Å²) in [6.07, 6.45) is 3.89. The summed E-state index contributed by atoms with van der Waals surface area (Å²) in [5.41, 5.74) is 12.8. The summed E-state index contributed by atoms with van der Waals surface area (Å²) in [5, 5.41) is 17.7. The highest BCUT2D eigenvalue weighted by Crippen LogP contribution is 2.24. The summed E-state index contributed by atoms with van der Waals surface area (Å²) in [6, 6.07) is 11.2. The number of thioether (sulfide) groups is 1. The lowest BCUT2D eigenvalue weighted by atomic mass is 9.94. The summed E-state index contributed by atoms with van der Waals surface area (Å²) >= 11 is 1.52. The van der Waals surface area contributed by atoms with Crippen LogP contribution >= 0.6 is 11.8 Å². The second-order valence-corrected chi connectivity index (χ2v) is 10.2. The summed E-state index contributed by atoms with van der Waals surface area (Å²) in [5.74, 6) is -1.13. The highest BCUT2D eigenvalue weighted by molar-refractivity contribution is 7.98. The summed E-state index contributed by atoms with van der Waals surface area (Å²) in [7, 11) is 0. The number of hydrogen-bond donors (Lipinski definition) is 5. The van der Waals surface area contributed by atoms with Gasteiger partial charge in [0.25, 0.3) is 0 Å². The molecule has 1 saturated heterocycles. The minimum atomic E-state index is -1.08. The lowest BCUT2D eigenvalue weighted by molar-refractivity contribution is -0.142. The molecule has 4 atom stereocenters. The number of hydrogen-bond acceptors (Lipinski definition) is 8. The van der Waals surface area contributed by atoms with Crippen molar-refractivity contribution in [2.45, 2.75) is 50.0 Å². The zero-order chi connectivity index (χ0) is 26.1. The number of nitrogens with two attached hydrogens (primary N) is 2. The van der Waals surface area contributed by atoms with Gasteiger partial charge in [-0.15, -0.1) is 0 Å². The molecule has 1 fully saturated rings. The van der Waals surface area contributed by atoms with Crippen molar-refractivity contribution in [2.75, 3.05) is 31.6 Å². The Labute approximate surface area is 216 Å². The van der Waals surface area contributed by atoms with Crippen molar-refractivity contribution in [3.05, 3.63) is 48.0 Å². The van der Waals surface area contributed by atoms with E-state index in [1.54, 1.807) is 0 Å². The maximum absolute atomic E-state index is 13.5. The van der Waals surface area contributed by atoms with Gasteiger partial charge >= 0.3 is 5.97 Å². The van der Waals surface area contributed by atoms with Crippen LogP contribution in [0.1, 0.15) is 24.8 Å². The van der Waals surface area contributed by atoms with Crippen LogP contribution in [-0.2, 0) is 20.9 Å². The smallest absolute Gasteiger partial charge is 0.326 e. The number of amides is 1. The third-order valence-electron chi connectivity index (χ3n) is 6.63. The Morgan fingerprint density at radius 1 is 1.22 bits per heavy atom. The van der Waals surface area contributed by atoms with E-state index in [1.807, 2.05) is 53.6 Å². The number of nitrogens with one attached hydrogen (secondary N) is 2. The number of Topliss-reactive ketones (excluding diaryl/α,β-unsaturated/α-hetero) is 1. The zero-order valence-electron chi connectivity index (χ0n) is 20.7. The van der Waals surface area contributed by atoms with Crippen LogP contribution in [-0.4, -0.2) is 83.5 Å². The molecule has 2 aromatic carbocycles. The van der Waals surface area contributed by atoms with Crippen molar-refractivity contribution >= 4 is 40.2 Å². The topological polar surface area (TPSA) is 151 Å². The van der Waals surface area contributed by atoms with Crippen molar-refractivity contribution in [3.8, 4) is 0 Å². The first kappa shape index (κ1) is 28.1. The van der Waals surface area contributed by atoms with E-state index >= 15 is 0 Å². The molecule has 36 heavy (non-hydrogen) atoms. The molecule has 10 heteroatoms. The van der Waals surface area contributed by atoms with Gasteiger partial charge in [-0.25, -0.2) is 4.79 Å². The fraction of sp³-hybridized carbons (Fsp3) is 0.500. The van der Waals surface area contributed by atoms with Crippen LogP contribution in [0.4, 0.5) is 0 Å². The molecule has 1 heterocycles. The quantitative estimate of drug-likeness (QED) is 0.248. The first-order valence-electron chi connectivity index (χ1n) is 12.3. The molecule has 0 saturated carbocycles. The van der Waals surface area contributed by atoms with Crippen molar-refractivity contribution in [3.63, 3.8) is 0 Å². The Kier molecular flexibility index (Phi) is 10.7. The van der Waals surface area contributed by atoms with E-state index < -0.39 is 30.0 Å². The zero-order valence-corrected chi connectivity index (χ0v) is 21.5. The molecule has 1 aliphatic rings. The van der Waals surface area contributed by atoms with Gasteiger partial charge in [0.2, 0.25) is 5.91 Å². The molecule has 0 spiro atoms. The normalized spacial score (nSPS) is 18.2. The van der Waals surface area contributed by atoms with E-state index in [4.69, 9.17) is 11.5 Å². The molecule has 1 amide bonds. The molecule has 196 valence electrons. The molecule has 3 rings (SSSR count). The van der Waals surface area contributed by atoms with Crippen LogP contribution in [0.2, 0.25) is 0 Å². The molecule has 0 aromatic heterocycles. The lowest BCUT2D eigenvalue weighted by Gasteiger charge is -2.36. The predicted octanol–water partition coefficient (Wildman–Crippen LogP) is 0.940. The molecule has 1 unspecified atom stereocenters. The van der Waals surface area contributed by atoms with Gasteiger partial charge in [0, 0.05) is 19.1 Å². The van der Waals surface area contributed by atoms with Gasteiger partial charge in [-0.2, -0.15) is 11.8 Å². The number of carboxylic acid groups (broad SMARTS) is 1. The van der Waals surface area contributed by atoms with Crippen LogP contribution in [0.15, 0.2) is 42.5 Å². The molecule has 7 N–H and O–H groups in total. The first-order chi connectivity index (χ1) is 17.3. The Morgan fingerprint density at radius 2 is 1.97 bits per heavy atom. The fourth-order valence-electron chi connectivity index (χ4n) is 4.77. The number of nitrogens with zero attached hydrogens (tertiary/aromatic N) is 1. The Hall–Kier alpha value is -2.50. The molecule has 0 bridgehead atoms. The molecule has 0 radical (unpaired) electrons. The predicted molar refractivity (Wildman–Crippen MR) is 144 cm³/mol. The van der Waals surface area contributed by atoms with Crippen LogP contribution in [0.3, 0.4) is 0 Å². The fourth-order valence-corrected chi connectivity index (χ4v) is 5.24. The van der Waals surface area contributed by atoms with Gasteiger partial charge in [-0.05, 0) is 54.2 Å². The number of carbonyl (C=O) groups excluding carboxylic acids is 2. The first-order valence-corrected chi connectivity index (χ1v) is 13.7. The van der Waals surface area contributed by atoms with E-state index in [9.17, 15) is 19.5 Å². The Morgan fingerprint density at radius 3 is 2.64 bits per heavy atom. The number of rotatable bonds is 14. The van der Waals surface area contributed by atoms with Crippen molar-refractivity contribution in [1.29, 1.82) is 0 Å². The van der Waals surface area contributed by atoms with Crippen LogP contribution in [0.5, 0.6) is 0 Å². The van der Waals surface area contributed by atoms with Gasteiger partial charge in [-0.1, -0.05) is 42.5 Å². The number of carbonyl (C=O) groups is 3. The van der Waals surface area contributed by atoms with Crippen molar-refractivity contribution in [2.24, 2.45) is 11.5 Å². The highest BCUT2D eigenvalue weighted by atomic mass is 32.2.